The number of carbonyl (C=O) groups is 1. The third kappa shape index (κ3) is 3.68. The number of nitrogens with zero attached hydrogens (tertiary/aromatic N) is 4. The number of amides is 2. The van der Waals surface area contributed by atoms with Gasteiger partial charge in [-0.15, -0.1) is 0 Å². The number of halogens is 1. The fourth-order valence-electron chi connectivity index (χ4n) is 4.21. The van der Waals surface area contributed by atoms with E-state index in [0.29, 0.717) is 18.1 Å². The summed E-state index contributed by atoms with van der Waals surface area (Å²) in [5.41, 5.74) is 4.79. The lowest BCUT2D eigenvalue weighted by molar-refractivity contribution is 0.215. The molecule has 4 aromatic rings. The molecule has 1 aliphatic heterocycles. The third-order valence-electron chi connectivity index (χ3n) is 5.94. The first-order valence-electron chi connectivity index (χ1n) is 10.5. The van der Waals surface area contributed by atoms with Gasteiger partial charge in [-0.25, -0.2) is 9.78 Å². The molecular formula is C24H24ClN5O. The minimum Gasteiger partial charge on any atom is -0.353 e. The normalized spacial score (nSPS) is 14.8. The van der Waals surface area contributed by atoms with Crippen LogP contribution in [0, 0.1) is 6.92 Å². The van der Waals surface area contributed by atoms with Crippen LogP contribution in [-0.4, -0.2) is 46.5 Å². The molecule has 1 N–H and O–H groups in total. The zero-order valence-electron chi connectivity index (χ0n) is 17.4. The maximum atomic E-state index is 12.9. The number of anilines is 2. The Morgan fingerprint density at radius 2 is 1.81 bits per heavy atom. The Morgan fingerprint density at radius 3 is 2.71 bits per heavy atom. The Hall–Kier alpha value is -3.25. The maximum Gasteiger partial charge on any atom is 0.321 e. The van der Waals surface area contributed by atoms with E-state index < -0.39 is 0 Å². The average Bonchev–Trinajstić information content (AvgIpc) is 3.14. The number of fused-ring (bicyclic) bond motifs is 3. The Morgan fingerprint density at radius 1 is 0.968 bits per heavy atom. The van der Waals surface area contributed by atoms with Crippen LogP contribution in [-0.2, 0) is 0 Å². The van der Waals surface area contributed by atoms with Crippen LogP contribution in [0.2, 0.25) is 5.02 Å². The van der Waals surface area contributed by atoms with E-state index in [1.807, 2.05) is 48.2 Å². The molecule has 7 heteroatoms. The van der Waals surface area contributed by atoms with Gasteiger partial charge in [0.1, 0.15) is 0 Å². The Balaban J connectivity index is 1.37. The van der Waals surface area contributed by atoms with Crippen LogP contribution in [0.25, 0.3) is 16.6 Å². The molecule has 158 valence electrons. The van der Waals surface area contributed by atoms with Gasteiger partial charge in [0, 0.05) is 43.1 Å². The van der Waals surface area contributed by atoms with Gasteiger partial charge >= 0.3 is 6.03 Å². The summed E-state index contributed by atoms with van der Waals surface area (Å²) in [5, 5.41) is 3.67. The van der Waals surface area contributed by atoms with Crippen LogP contribution < -0.4 is 10.2 Å². The predicted octanol–water partition coefficient (Wildman–Crippen LogP) is 5.19. The van der Waals surface area contributed by atoms with Crippen molar-refractivity contribution in [2.24, 2.45) is 0 Å². The van der Waals surface area contributed by atoms with Gasteiger partial charge < -0.3 is 19.5 Å². The molecular weight excluding hydrogens is 410 g/mol. The zero-order valence-corrected chi connectivity index (χ0v) is 18.1. The fourth-order valence-corrected chi connectivity index (χ4v) is 4.38. The molecule has 0 saturated carbocycles. The number of nitrogens with one attached hydrogen (secondary N) is 1. The first-order valence-corrected chi connectivity index (χ1v) is 10.9. The van der Waals surface area contributed by atoms with Crippen molar-refractivity contribution < 1.29 is 4.79 Å². The number of hydrogen-bond donors (Lipinski definition) is 1. The van der Waals surface area contributed by atoms with E-state index >= 15 is 0 Å². The summed E-state index contributed by atoms with van der Waals surface area (Å²) in [6, 6.07) is 17.8. The molecule has 31 heavy (non-hydrogen) atoms. The summed E-state index contributed by atoms with van der Waals surface area (Å²) < 4.78 is 2.19. The molecule has 2 amide bonds. The molecule has 1 aliphatic rings. The minimum atomic E-state index is -0.0912. The maximum absolute atomic E-state index is 12.9. The molecule has 0 bridgehead atoms. The van der Waals surface area contributed by atoms with Crippen LogP contribution in [0.3, 0.4) is 0 Å². The number of benzene rings is 2. The van der Waals surface area contributed by atoms with Gasteiger partial charge in [-0.3, -0.25) is 0 Å². The summed E-state index contributed by atoms with van der Waals surface area (Å²) >= 11 is 6.20. The highest BCUT2D eigenvalue weighted by Crippen LogP contribution is 2.27. The summed E-state index contributed by atoms with van der Waals surface area (Å²) in [6.07, 6.45) is 2.96. The van der Waals surface area contributed by atoms with E-state index in [1.54, 1.807) is 0 Å². The van der Waals surface area contributed by atoms with E-state index in [9.17, 15) is 4.79 Å². The number of aromatic nitrogens is 2. The Labute approximate surface area is 186 Å². The van der Waals surface area contributed by atoms with Crippen molar-refractivity contribution >= 4 is 45.7 Å². The van der Waals surface area contributed by atoms with Crippen molar-refractivity contribution in [2.45, 2.75) is 13.3 Å². The quantitative estimate of drug-likeness (QED) is 0.473. The lowest BCUT2D eigenvalue weighted by atomic mass is 10.2. The molecule has 0 aliphatic carbocycles. The lowest BCUT2D eigenvalue weighted by Gasteiger charge is -2.24. The highest BCUT2D eigenvalue weighted by molar-refractivity contribution is 6.31. The predicted molar refractivity (Wildman–Crippen MR) is 126 cm³/mol. The molecule has 6 nitrogen and oxygen atoms in total. The Kier molecular flexibility index (Phi) is 5.16. The summed E-state index contributed by atoms with van der Waals surface area (Å²) in [7, 11) is 0. The molecule has 0 radical (unpaired) electrons. The molecule has 2 aromatic heterocycles. The lowest BCUT2D eigenvalue weighted by Crippen LogP contribution is -2.38. The first-order chi connectivity index (χ1) is 15.1. The number of rotatable bonds is 2. The SMILES string of the molecule is Cc1c(Cl)cccc1NC(=O)N1CCCN(c2nc3ccccc3n3cccc23)CC1. The Bertz CT molecular complexity index is 1270. The minimum absolute atomic E-state index is 0.0912. The van der Waals surface area contributed by atoms with Gasteiger partial charge in [-0.1, -0.05) is 29.8 Å². The molecule has 1 saturated heterocycles. The van der Waals surface area contributed by atoms with E-state index in [0.717, 1.165) is 53.1 Å². The van der Waals surface area contributed by atoms with Crippen molar-refractivity contribution in [1.82, 2.24) is 14.3 Å². The van der Waals surface area contributed by atoms with Gasteiger partial charge in [0.2, 0.25) is 0 Å². The van der Waals surface area contributed by atoms with Crippen molar-refractivity contribution in [2.75, 3.05) is 36.4 Å². The van der Waals surface area contributed by atoms with Crippen molar-refractivity contribution in [3.05, 3.63) is 71.4 Å². The molecule has 3 heterocycles. The highest BCUT2D eigenvalue weighted by atomic mass is 35.5. The topological polar surface area (TPSA) is 52.9 Å². The number of hydrogen-bond acceptors (Lipinski definition) is 3. The van der Waals surface area contributed by atoms with E-state index in [4.69, 9.17) is 16.6 Å². The van der Waals surface area contributed by atoms with Crippen LogP contribution in [0.4, 0.5) is 16.3 Å². The standard InChI is InChI=1S/C24H24ClN5O/c1-17-18(25)7-4-9-19(17)27-24(31)29-13-6-12-28(15-16-29)23-22-11-5-14-30(22)21-10-3-2-8-20(21)26-23/h2-5,7-11,14H,6,12-13,15-16H2,1H3,(H,27,31). The van der Waals surface area contributed by atoms with Gasteiger partial charge in [0.15, 0.2) is 5.82 Å². The first kappa shape index (κ1) is 19.7. The van der Waals surface area contributed by atoms with Gasteiger partial charge in [-0.2, -0.15) is 0 Å². The molecule has 5 rings (SSSR count). The van der Waals surface area contributed by atoms with Gasteiger partial charge in [0.05, 0.1) is 16.6 Å². The van der Waals surface area contributed by atoms with Crippen molar-refractivity contribution in [3.63, 3.8) is 0 Å². The summed E-state index contributed by atoms with van der Waals surface area (Å²) in [6.45, 7) is 4.83. The fraction of sp³-hybridized carbons (Fsp3) is 0.250. The monoisotopic (exact) mass is 433 g/mol. The summed E-state index contributed by atoms with van der Waals surface area (Å²) in [5.74, 6) is 0.969. The van der Waals surface area contributed by atoms with E-state index in [2.05, 4.69) is 39.0 Å². The molecule has 1 fully saturated rings. The second kappa shape index (κ2) is 8.12. The second-order valence-corrected chi connectivity index (χ2v) is 8.26. The van der Waals surface area contributed by atoms with Crippen LogP contribution in [0.5, 0.6) is 0 Å². The van der Waals surface area contributed by atoms with Crippen molar-refractivity contribution in [3.8, 4) is 0 Å². The molecule has 0 unspecified atom stereocenters. The van der Waals surface area contributed by atoms with E-state index in [-0.39, 0.29) is 6.03 Å². The van der Waals surface area contributed by atoms with Crippen LogP contribution in [0.15, 0.2) is 60.8 Å². The molecule has 0 atom stereocenters. The van der Waals surface area contributed by atoms with E-state index in [1.165, 1.54) is 0 Å². The van der Waals surface area contributed by atoms with Gasteiger partial charge in [-0.05, 0) is 55.3 Å². The number of para-hydroxylation sites is 2. The number of urea groups is 1. The van der Waals surface area contributed by atoms with Crippen LogP contribution >= 0.6 is 11.6 Å². The average molecular weight is 434 g/mol. The van der Waals surface area contributed by atoms with Crippen LogP contribution in [0.1, 0.15) is 12.0 Å². The molecule has 2 aromatic carbocycles. The smallest absolute Gasteiger partial charge is 0.321 e. The molecule has 0 spiro atoms. The largest absolute Gasteiger partial charge is 0.353 e. The highest BCUT2D eigenvalue weighted by Gasteiger charge is 2.22. The summed E-state index contributed by atoms with van der Waals surface area (Å²) in [4.78, 5) is 22.0. The van der Waals surface area contributed by atoms with Gasteiger partial charge in [0.25, 0.3) is 0 Å². The van der Waals surface area contributed by atoms with Crippen molar-refractivity contribution in [1.29, 1.82) is 0 Å². The number of carbonyl (C=O) groups excluding carboxylic acids is 1. The zero-order chi connectivity index (χ0) is 21.4. The second-order valence-electron chi connectivity index (χ2n) is 7.86. The third-order valence-corrected chi connectivity index (χ3v) is 6.35.